The Hall–Kier alpha value is -1.72. The number of H-pyrrole nitrogens is 1. The van der Waals surface area contributed by atoms with Crippen molar-refractivity contribution in [1.29, 1.82) is 0 Å². The first-order valence-electron chi connectivity index (χ1n) is 6.36. The van der Waals surface area contributed by atoms with Gasteiger partial charge in [0.25, 0.3) is 5.56 Å². The van der Waals surface area contributed by atoms with Crippen LogP contribution in [0.1, 0.15) is 26.1 Å². The third-order valence-corrected chi connectivity index (χ3v) is 3.13. The fraction of sp³-hybridized carbons (Fsp3) is 0.429. The molecule has 102 valence electrons. The number of aliphatic hydroxyl groups is 1. The van der Waals surface area contributed by atoms with E-state index in [4.69, 9.17) is 5.11 Å². The molecule has 0 aliphatic carbocycles. The van der Waals surface area contributed by atoms with Crippen molar-refractivity contribution in [3.8, 4) is 0 Å². The molecule has 5 heteroatoms. The number of hydrogen-bond donors (Lipinski definition) is 3. The van der Waals surface area contributed by atoms with E-state index in [1.807, 2.05) is 32.0 Å². The summed E-state index contributed by atoms with van der Waals surface area (Å²) in [6.45, 7) is 4.60. The molecule has 0 aliphatic heterocycles. The summed E-state index contributed by atoms with van der Waals surface area (Å²) in [7, 11) is 0. The zero-order valence-electron chi connectivity index (χ0n) is 11.2. The number of aromatic amines is 1. The normalized spacial score (nSPS) is 11.9. The van der Waals surface area contributed by atoms with Crippen LogP contribution in [0.25, 0.3) is 10.9 Å². The number of fused-ring (bicyclic) bond motifs is 1. The summed E-state index contributed by atoms with van der Waals surface area (Å²) < 4.78 is 0. The highest BCUT2D eigenvalue weighted by molar-refractivity contribution is 5.77. The molecule has 1 heterocycles. The number of para-hydroxylation sites is 1. The maximum atomic E-state index is 11.9. The molecule has 1 aromatic carbocycles. The van der Waals surface area contributed by atoms with Crippen molar-refractivity contribution in [1.82, 2.24) is 15.3 Å². The highest BCUT2D eigenvalue weighted by Crippen LogP contribution is 2.09. The molecule has 0 saturated carbocycles. The number of aromatic nitrogens is 2. The average molecular weight is 261 g/mol. The lowest BCUT2D eigenvalue weighted by Gasteiger charge is -2.25. The van der Waals surface area contributed by atoms with E-state index in [-0.39, 0.29) is 17.7 Å². The zero-order chi connectivity index (χ0) is 13.9. The van der Waals surface area contributed by atoms with Gasteiger partial charge in [-0.05, 0) is 32.4 Å². The molecule has 0 unspecified atom stereocenters. The summed E-state index contributed by atoms with van der Waals surface area (Å²) in [6.07, 6.45) is 0.644. The largest absolute Gasteiger partial charge is 0.396 e. The number of benzene rings is 1. The van der Waals surface area contributed by atoms with Gasteiger partial charge < -0.3 is 15.4 Å². The van der Waals surface area contributed by atoms with Crippen molar-refractivity contribution >= 4 is 10.9 Å². The quantitative estimate of drug-likeness (QED) is 0.755. The lowest BCUT2D eigenvalue weighted by molar-refractivity contribution is 0.229. The highest BCUT2D eigenvalue weighted by atomic mass is 16.3. The number of hydrogen-bond acceptors (Lipinski definition) is 4. The van der Waals surface area contributed by atoms with Gasteiger partial charge in [0.05, 0.1) is 17.4 Å². The average Bonchev–Trinajstić information content (AvgIpc) is 2.37. The molecule has 2 aromatic rings. The second-order valence-corrected chi connectivity index (χ2v) is 5.24. The second-order valence-electron chi connectivity index (χ2n) is 5.24. The van der Waals surface area contributed by atoms with Crippen LogP contribution < -0.4 is 10.9 Å². The maximum absolute atomic E-state index is 11.9. The molecule has 0 atom stereocenters. The lowest BCUT2D eigenvalue weighted by Crippen LogP contribution is -2.40. The van der Waals surface area contributed by atoms with Crippen LogP contribution in [0.5, 0.6) is 0 Å². The Bertz CT molecular complexity index is 619. The third kappa shape index (κ3) is 3.39. The molecule has 5 nitrogen and oxygen atoms in total. The van der Waals surface area contributed by atoms with Crippen LogP contribution >= 0.6 is 0 Å². The van der Waals surface area contributed by atoms with Crippen molar-refractivity contribution in [2.45, 2.75) is 32.4 Å². The fourth-order valence-corrected chi connectivity index (χ4v) is 1.91. The van der Waals surface area contributed by atoms with Crippen molar-refractivity contribution in [3.05, 3.63) is 40.4 Å². The number of aliphatic hydroxyl groups excluding tert-OH is 1. The molecule has 1 aromatic heterocycles. The Labute approximate surface area is 111 Å². The lowest BCUT2D eigenvalue weighted by atomic mass is 10.0. The number of nitrogens with one attached hydrogen (secondary N) is 2. The molecular formula is C14H19N3O2. The smallest absolute Gasteiger partial charge is 0.258 e. The molecular weight excluding hydrogens is 242 g/mol. The molecule has 0 aliphatic rings. The molecule has 0 radical (unpaired) electrons. The van der Waals surface area contributed by atoms with Gasteiger partial charge in [-0.1, -0.05) is 12.1 Å². The van der Waals surface area contributed by atoms with E-state index < -0.39 is 0 Å². The minimum atomic E-state index is -0.195. The summed E-state index contributed by atoms with van der Waals surface area (Å²) in [5.41, 5.74) is 0.379. The van der Waals surface area contributed by atoms with Gasteiger partial charge in [0.1, 0.15) is 5.82 Å². The van der Waals surface area contributed by atoms with Crippen molar-refractivity contribution < 1.29 is 5.11 Å². The first-order chi connectivity index (χ1) is 9.02. The van der Waals surface area contributed by atoms with Crippen LogP contribution in [0.4, 0.5) is 0 Å². The Morgan fingerprint density at radius 1 is 1.37 bits per heavy atom. The number of rotatable bonds is 5. The molecule has 0 saturated heterocycles. The summed E-state index contributed by atoms with van der Waals surface area (Å²) in [5, 5.41) is 12.8. The molecule has 0 fully saturated rings. The minimum Gasteiger partial charge on any atom is -0.396 e. The van der Waals surface area contributed by atoms with Crippen molar-refractivity contribution in [2.24, 2.45) is 0 Å². The molecule has 19 heavy (non-hydrogen) atoms. The monoisotopic (exact) mass is 261 g/mol. The van der Waals surface area contributed by atoms with Crippen LogP contribution in [0, 0.1) is 0 Å². The predicted molar refractivity (Wildman–Crippen MR) is 75.0 cm³/mol. The van der Waals surface area contributed by atoms with E-state index in [0.717, 1.165) is 0 Å². The van der Waals surface area contributed by atoms with Crippen molar-refractivity contribution in [3.63, 3.8) is 0 Å². The van der Waals surface area contributed by atoms with E-state index in [0.29, 0.717) is 29.7 Å². The summed E-state index contributed by atoms with van der Waals surface area (Å²) in [4.78, 5) is 19.1. The Morgan fingerprint density at radius 3 is 2.84 bits per heavy atom. The zero-order valence-corrected chi connectivity index (χ0v) is 11.2. The summed E-state index contributed by atoms with van der Waals surface area (Å²) >= 11 is 0. The third-order valence-electron chi connectivity index (χ3n) is 3.13. The Balaban J connectivity index is 2.20. The van der Waals surface area contributed by atoms with E-state index in [2.05, 4.69) is 15.3 Å². The van der Waals surface area contributed by atoms with Gasteiger partial charge in [-0.3, -0.25) is 4.79 Å². The summed E-state index contributed by atoms with van der Waals surface area (Å²) in [5.74, 6) is 0.606. The Kier molecular flexibility index (Phi) is 3.97. The van der Waals surface area contributed by atoms with Crippen LogP contribution in [0.15, 0.2) is 29.1 Å². The van der Waals surface area contributed by atoms with Gasteiger partial charge in [0, 0.05) is 12.1 Å². The van der Waals surface area contributed by atoms with Crippen LogP contribution in [0.2, 0.25) is 0 Å². The van der Waals surface area contributed by atoms with Crippen LogP contribution in [-0.2, 0) is 6.54 Å². The van der Waals surface area contributed by atoms with E-state index in [9.17, 15) is 4.79 Å². The van der Waals surface area contributed by atoms with Gasteiger partial charge in [0.2, 0.25) is 0 Å². The fourth-order valence-electron chi connectivity index (χ4n) is 1.91. The first kappa shape index (κ1) is 13.7. The standard InChI is InChI=1S/C14H19N3O2/c1-14(2,7-8-18)15-9-12-16-11-6-4-3-5-10(11)13(19)17-12/h3-6,15,18H,7-9H2,1-2H3,(H,16,17,19). The van der Waals surface area contributed by atoms with Gasteiger partial charge >= 0.3 is 0 Å². The van der Waals surface area contributed by atoms with E-state index >= 15 is 0 Å². The van der Waals surface area contributed by atoms with Gasteiger partial charge in [-0.25, -0.2) is 4.98 Å². The van der Waals surface area contributed by atoms with Gasteiger partial charge in [-0.2, -0.15) is 0 Å². The van der Waals surface area contributed by atoms with Crippen LogP contribution in [-0.4, -0.2) is 27.2 Å². The van der Waals surface area contributed by atoms with Crippen molar-refractivity contribution in [2.75, 3.05) is 6.61 Å². The van der Waals surface area contributed by atoms with E-state index in [1.54, 1.807) is 6.07 Å². The molecule has 2 rings (SSSR count). The number of nitrogens with zero attached hydrogens (tertiary/aromatic N) is 1. The first-order valence-corrected chi connectivity index (χ1v) is 6.36. The van der Waals surface area contributed by atoms with E-state index in [1.165, 1.54) is 0 Å². The minimum absolute atomic E-state index is 0.123. The highest BCUT2D eigenvalue weighted by Gasteiger charge is 2.16. The van der Waals surface area contributed by atoms with Crippen LogP contribution in [0.3, 0.4) is 0 Å². The molecule has 0 amide bonds. The second kappa shape index (κ2) is 5.50. The molecule has 0 bridgehead atoms. The predicted octanol–water partition coefficient (Wildman–Crippen LogP) is 1.17. The Morgan fingerprint density at radius 2 is 2.11 bits per heavy atom. The van der Waals surface area contributed by atoms with Gasteiger partial charge in [0.15, 0.2) is 0 Å². The maximum Gasteiger partial charge on any atom is 0.258 e. The SMILES string of the molecule is CC(C)(CCO)NCc1nc2ccccc2c(=O)[nH]1. The molecule has 0 spiro atoms. The summed E-state index contributed by atoms with van der Waals surface area (Å²) in [6, 6.07) is 7.27. The molecule has 3 N–H and O–H groups in total. The van der Waals surface area contributed by atoms with Gasteiger partial charge in [-0.15, -0.1) is 0 Å². The topological polar surface area (TPSA) is 78.0 Å².